The SMILES string of the molecule is CC(=O)OC[C@H]1O[C@@H](OCC2(NC(=O)c3cccnc3Cl)COC(C)(C)OC2)[C@H](OC(C)=O)[C@@H](OC(C)=O)[C@H]1OC(C)=O. The number of ether oxygens (including phenoxy) is 8. The Morgan fingerprint density at radius 2 is 1.51 bits per heavy atom. The summed E-state index contributed by atoms with van der Waals surface area (Å²) in [5.41, 5.74) is -1.24. The van der Waals surface area contributed by atoms with Crippen molar-refractivity contribution in [3.05, 3.63) is 29.0 Å². The van der Waals surface area contributed by atoms with Crippen LogP contribution < -0.4 is 5.32 Å². The summed E-state index contributed by atoms with van der Waals surface area (Å²) in [5, 5.41) is 2.79. The first-order chi connectivity index (χ1) is 20.1. The van der Waals surface area contributed by atoms with Gasteiger partial charge in [0, 0.05) is 33.9 Å². The number of nitrogens with one attached hydrogen (secondary N) is 1. The van der Waals surface area contributed by atoms with Gasteiger partial charge in [0.1, 0.15) is 23.4 Å². The van der Waals surface area contributed by atoms with Crippen molar-refractivity contribution < 1.29 is 61.9 Å². The Bertz CT molecular complexity index is 1200. The van der Waals surface area contributed by atoms with Gasteiger partial charge in [-0.25, -0.2) is 4.98 Å². The van der Waals surface area contributed by atoms with Crippen molar-refractivity contribution in [2.75, 3.05) is 26.4 Å². The van der Waals surface area contributed by atoms with Gasteiger partial charge in [-0.15, -0.1) is 0 Å². The van der Waals surface area contributed by atoms with E-state index in [0.717, 1.165) is 27.7 Å². The molecule has 1 aromatic heterocycles. The third-order valence-electron chi connectivity index (χ3n) is 6.25. The van der Waals surface area contributed by atoms with Crippen LogP contribution in [0.2, 0.25) is 5.15 Å². The van der Waals surface area contributed by atoms with Gasteiger partial charge in [0.2, 0.25) is 0 Å². The normalized spacial score (nSPS) is 26.0. The molecule has 0 aliphatic carbocycles. The molecule has 0 aromatic carbocycles. The molecule has 0 radical (unpaired) electrons. The van der Waals surface area contributed by atoms with E-state index < -0.39 is 78.4 Å². The summed E-state index contributed by atoms with van der Waals surface area (Å²) in [5.74, 6) is -4.60. The van der Waals surface area contributed by atoms with Crippen molar-refractivity contribution in [3.63, 3.8) is 0 Å². The van der Waals surface area contributed by atoms with E-state index in [-0.39, 0.29) is 30.5 Å². The molecular formula is C27H35ClN2O13. The van der Waals surface area contributed by atoms with Crippen LogP contribution in [0.4, 0.5) is 0 Å². The lowest BCUT2D eigenvalue weighted by molar-refractivity contribution is -0.321. The van der Waals surface area contributed by atoms with Crippen LogP contribution in [0.15, 0.2) is 18.3 Å². The Kier molecular flexibility index (Phi) is 11.4. The number of carbonyl (C=O) groups excluding carboxylic acids is 5. The predicted molar refractivity (Wildman–Crippen MR) is 143 cm³/mol. The van der Waals surface area contributed by atoms with E-state index in [4.69, 9.17) is 49.5 Å². The highest BCUT2D eigenvalue weighted by Crippen LogP contribution is 2.32. The molecule has 238 valence electrons. The summed E-state index contributed by atoms with van der Waals surface area (Å²) in [6, 6.07) is 3.02. The van der Waals surface area contributed by atoms with E-state index >= 15 is 0 Å². The second-order valence-corrected chi connectivity index (χ2v) is 10.8. The fraction of sp³-hybridized carbons (Fsp3) is 0.630. The van der Waals surface area contributed by atoms with Gasteiger partial charge in [0.15, 0.2) is 30.4 Å². The molecule has 0 bridgehead atoms. The average Bonchev–Trinajstić information content (AvgIpc) is 2.90. The number of hydrogen-bond acceptors (Lipinski definition) is 14. The summed E-state index contributed by atoms with van der Waals surface area (Å²) in [7, 11) is 0. The molecule has 0 saturated carbocycles. The Morgan fingerprint density at radius 1 is 0.930 bits per heavy atom. The van der Waals surface area contributed by atoms with Crippen LogP contribution in [0.25, 0.3) is 0 Å². The molecule has 2 saturated heterocycles. The summed E-state index contributed by atoms with van der Waals surface area (Å²) in [4.78, 5) is 64.9. The third-order valence-corrected chi connectivity index (χ3v) is 6.55. The van der Waals surface area contributed by atoms with E-state index in [1.807, 2.05) is 0 Å². The highest BCUT2D eigenvalue weighted by molar-refractivity contribution is 6.32. The molecule has 1 amide bonds. The first-order valence-corrected chi connectivity index (χ1v) is 13.6. The van der Waals surface area contributed by atoms with Crippen molar-refractivity contribution in [1.82, 2.24) is 10.3 Å². The molecular weight excluding hydrogens is 596 g/mol. The summed E-state index contributed by atoms with van der Waals surface area (Å²) in [6.07, 6.45) is -5.51. The quantitative estimate of drug-likeness (QED) is 0.220. The lowest BCUT2D eigenvalue weighted by atomic mass is 9.97. The minimum atomic E-state index is -1.48. The molecule has 2 aliphatic rings. The molecule has 1 N–H and O–H groups in total. The number of rotatable bonds is 10. The molecule has 0 spiro atoms. The fourth-order valence-electron chi connectivity index (χ4n) is 4.33. The highest BCUT2D eigenvalue weighted by atomic mass is 35.5. The van der Waals surface area contributed by atoms with E-state index in [1.54, 1.807) is 19.9 Å². The van der Waals surface area contributed by atoms with Crippen LogP contribution in [0.5, 0.6) is 0 Å². The number of carbonyl (C=O) groups is 5. The molecule has 3 heterocycles. The number of hydrogen-bond donors (Lipinski definition) is 1. The van der Waals surface area contributed by atoms with Crippen molar-refractivity contribution >= 4 is 41.4 Å². The maximum atomic E-state index is 13.2. The van der Waals surface area contributed by atoms with E-state index in [1.165, 1.54) is 12.3 Å². The van der Waals surface area contributed by atoms with Crippen molar-refractivity contribution in [2.24, 2.45) is 0 Å². The van der Waals surface area contributed by atoms with E-state index in [2.05, 4.69) is 10.3 Å². The molecule has 5 atom stereocenters. The number of pyridine rings is 1. The van der Waals surface area contributed by atoms with Crippen LogP contribution in [0.3, 0.4) is 0 Å². The average molecular weight is 631 g/mol. The largest absolute Gasteiger partial charge is 0.463 e. The first kappa shape index (κ1) is 34.1. The Labute approximate surface area is 252 Å². The number of amides is 1. The van der Waals surface area contributed by atoms with Gasteiger partial charge >= 0.3 is 23.9 Å². The maximum absolute atomic E-state index is 13.2. The topological polar surface area (TPSA) is 184 Å². The molecule has 3 rings (SSSR count). The molecule has 15 nitrogen and oxygen atoms in total. The van der Waals surface area contributed by atoms with Gasteiger partial charge in [-0.05, 0) is 26.0 Å². The molecule has 16 heteroatoms. The zero-order chi connectivity index (χ0) is 31.9. The fourth-order valence-corrected chi connectivity index (χ4v) is 4.53. The minimum Gasteiger partial charge on any atom is -0.463 e. The zero-order valence-electron chi connectivity index (χ0n) is 24.6. The van der Waals surface area contributed by atoms with Crippen LogP contribution >= 0.6 is 11.6 Å². The number of aromatic nitrogens is 1. The summed E-state index contributed by atoms with van der Waals surface area (Å²) < 4.78 is 45.0. The Morgan fingerprint density at radius 3 is 2.07 bits per heavy atom. The Hall–Kier alpha value is -3.37. The number of halogens is 1. The van der Waals surface area contributed by atoms with Crippen LogP contribution in [0.1, 0.15) is 51.9 Å². The van der Waals surface area contributed by atoms with Crippen LogP contribution in [0, 0.1) is 0 Å². The second kappa shape index (κ2) is 14.4. The van der Waals surface area contributed by atoms with Crippen molar-refractivity contribution in [2.45, 2.75) is 83.6 Å². The van der Waals surface area contributed by atoms with Gasteiger partial charge in [0.05, 0.1) is 25.4 Å². The molecule has 2 fully saturated rings. The lowest BCUT2D eigenvalue weighted by Gasteiger charge is -2.46. The van der Waals surface area contributed by atoms with Gasteiger partial charge in [0.25, 0.3) is 5.91 Å². The van der Waals surface area contributed by atoms with Crippen molar-refractivity contribution in [1.29, 1.82) is 0 Å². The van der Waals surface area contributed by atoms with Gasteiger partial charge in [-0.3, -0.25) is 24.0 Å². The molecule has 1 aromatic rings. The summed E-state index contributed by atoms with van der Waals surface area (Å²) in [6.45, 7) is 6.92. The zero-order valence-corrected chi connectivity index (χ0v) is 25.3. The third kappa shape index (κ3) is 9.56. The van der Waals surface area contributed by atoms with Crippen LogP contribution in [-0.2, 0) is 57.1 Å². The number of nitrogens with zero attached hydrogens (tertiary/aromatic N) is 1. The van der Waals surface area contributed by atoms with E-state index in [0.29, 0.717) is 0 Å². The standard InChI is InChI=1S/C27H35ClN2O13/c1-14(31)36-10-19-20(40-15(2)32)21(41-16(3)33)22(42-17(4)34)25(43-19)37-11-27(12-38-26(5,6)39-13-27)30-24(35)18-8-7-9-29-23(18)28/h7-9,19-22,25H,10-13H2,1-6H3,(H,30,35)/t19-,20+,21+,22-,25-/m1/s1. The smallest absolute Gasteiger partial charge is 0.303 e. The first-order valence-electron chi connectivity index (χ1n) is 13.2. The molecule has 43 heavy (non-hydrogen) atoms. The summed E-state index contributed by atoms with van der Waals surface area (Å²) >= 11 is 6.12. The Balaban J connectivity index is 1.95. The van der Waals surface area contributed by atoms with E-state index in [9.17, 15) is 24.0 Å². The van der Waals surface area contributed by atoms with Gasteiger partial charge < -0.3 is 43.2 Å². The van der Waals surface area contributed by atoms with Crippen LogP contribution in [-0.4, -0.2) is 103 Å². The molecule has 2 aliphatic heterocycles. The maximum Gasteiger partial charge on any atom is 0.303 e. The van der Waals surface area contributed by atoms with Crippen molar-refractivity contribution in [3.8, 4) is 0 Å². The predicted octanol–water partition coefficient (Wildman–Crippen LogP) is 1.09. The molecule has 0 unspecified atom stereocenters. The second-order valence-electron chi connectivity index (χ2n) is 10.4. The lowest BCUT2D eigenvalue weighted by Crippen LogP contribution is -2.66. The monoisotopic (exact) mass is 630 g/mol. The van der Waals surface area contributed by atoms with Gasteiger partial charge in [-0.2, -0.15) is 0 Å². The minimum absolute atomic E-state index is 0.0337. The van der Waals surface area contributed by atoms with Gasteiger partial charge in [-0.1, -0.05) is 11.6 Å². The number of esters is 4. The highest BCUT2D eigenvalue weighted by Gasteiger charge is 2.54.